The molecule has 12 heavy (non-hydrogen) atoms. The second-order valence-corrected chi connectivity index (χ2v) is 3.53. The molecular formula is C11H13Cl. The predicted octanol–water partition coefficient (Wildman–Crippen LogP) is 3.92. The quantitative estimate of drug-likeness (QED) is 0.647. The van der Waals surface area contributed by atoms with Crippen molar-refractivity contribution in [2.45, 2.75) is 13.8 Å². The lowest BCUT2D eigenvalue weighted by Crippen LogP contribution is -1.84. The van der Waals surface area contributed by atoms with E-state index in [-0.39, 0.29) is 0 Å². The van der Waals surface area contributed by atoms with Gasteiger partial charge in [-0.05, 0) is 17.6 Å². The molecule has 0 fully saturated rings. The zero-order valence-electron chi connectivity index (χ0n) is 7.42. The van der Waals surface area contributed by atoms with Crippen LogP contribution in [0.1, 0.15) is 19.4 Å². The highest BCUT2D eigenvalue weighted by molar-refractivity contribution is 6.31. The summed E-state index contributed by atoms with van der Waals surface area (Å²) < 4.78 is 0. The minimum absolute atomic E-state index is 0.409. The normalized spacial score (nSPS) is 12.2. The zero-order chi connectivity index (χ0) is 8.97. The number of benzene rings is 1. The lowest BCUT2D eigenvalue weighted by atomic mass is 10.1. The molecule has 0 saturated heterocycles. The second-order valence-electron chi connectivity index (χ2n) is 3.09. The third kappa shape index (κ3) is 2.71. The Kier molecular flexibility index (Phi) is 3.36. The molecule has 0 aromatic heterocycles. The molecule has 1 aromatic rings. The molecule has 0 unspecified atom stereocenters. The summed E-state index contributed by atoms with van der Waals surface area (Å²) in [4.78, 5) is 0. The molecule has 0 radical (unpaired) electrons. The van der Waals surface area contributed by atoms with Gasteiger partial charge in [-0.15, -0.1) is 0 Å². The number of hydrogen-bond donors (Lipinski definition) is 0. The van der Waals surface area contributed by atoms with Gasteiger partial charge in [-0.1, -0.05) is 55.8 Å². The van der Waals surface area contributed by atoms with Gasteiger partial charge >= 0.3 is 0 Å². The van der Waals surface area contributed by atoms with E-state index >= 15 is 0 Å². The summed E-state index contributed by atoms with van der Waals surface area (Å²) in [5.41, 5.74) is 1.16. The molecule has 0 bridgehead atoms. The monoisotopic (exact) mass is 180 g/mol. The first kappa shape index (κ1) is 9.34. The van der Waals surface area contributed by atoms with Gasteiger partial charge in [-0.3, -0.25) is 0 Å². The van der Waals surface area contributed by atoms with E-state index in [9.17, 15) is 0 Å². The van der Waals surface area contributed by atoms with Gasteiger partial charge in [0, 0.05) is 5.03 Å². The standard InChI is InChI=1S/C11H13Cl/c1-9(2)11(12)8-10-6-4-3-5-7-10/h3-9H,1-2H3/b11-8-. The maximum absolute atomic E-state index is 6.01. The maximum atomic E-state index is 6.01. The van der Waals surface area contributed by atoms with Crippen LogP contribution >= 0.6 is 11.6 Å². The number of allylic oxidation sites excluding steroid dienone is 1. The van der Waals surface area contributed by atoms with Crippen molar-refractivity contribution in [3.8, 4) is 0 Å². The fraction of sp³-hybridized carbons (Fsp3) is 0.273. The van der Waals surface area contributed by atoms with Crippen LogP contribution in [0.5, 0.6) is 0 Å². The van der Waals surface area contributed by atoms with Crippen LogP contribution in [0.15, 0.2) is 35.4 Å². The maximum Gasteiger partial charge on any atom is 0.0212 e. The minimum atomic E-state index is 0.409. The molecule has 0 atom stereocenters. The topological polar surface area (TPSA) is 0 Å². The van der Waals surface area contributed by atoms with Crippen molar-refractivity contribution in [2.24, 2.45) is 5.92 Å². The summed E-state index contributed by atoms with van der Waals surface area (Å²) in [5.74, 6) is 0.409. The Balaban J connectivity index is 2.81. The van der Waals surface area contributed by atoms with Gasteiger partial charge in [-0.25, -0.2) is 0 Å². The Labute approximate surface area is 78.9 Å². The van der Waals surface area contributed by atoms with Gasteiger partial charge in [0.2, 0.25) is 0 Å². The Hall–Kier alpha value is -0.750. The number of hydrogen-bond acceptors (Lipinski definition) is 0. The molecule has 0 N–H and O–H groups in total. The summed E-state index contributed by atoms with van der Waals surface area (Å²) in [6.07, 6.45) is 2.01. The van der Waals surface area contributed by atoms with Gasteiger partial charge in [0.15, 0.2) is 0 Å². The average molecular weight is 181 g/mol. The van der Waals surface area contributed by atoms with Gasteiger partial charge < -0.3 is 0 Å². The van der Waals surface area contributed by atoms with E-state index in [1.165, 1.54) is 0 Å². The van der Waals surface area contributed by atoms with Crippen molar-refractivity contribution in [1.82, 2.24) is 0 Å². The van der Waals surface area contributed by atoms with E-state index in [2.05, 4.69) is 13.8 Å². The van der Waals surface area contributed by atoms with Crippen LogP contribution in [-0.4, -0.2) is 0 Å². The van der Waals surface area contributed by atoms with Crippen LogP contribution in [0.2, 0.25) is 0 Å². The molecule has 0 aliphatic carbocycles. The van der Waals surface area contributed by atoms with Gasteiger partial charge in [0.25, 0.3) is 0 Å². The van der Waals surface area contributed by atoms with Crippen LogP contribution in [0.3, 0.4) is 0 Å². The third-order valence-corrected chi connectivity index (χ3v) is 2.20. The van der Waals surface area contributed by atoms with Crippen molar-refractivity contribution in [2.75, 3.05) is 0 Å². The predicted molar refractivity (Wildman–Crippen MR) is 55.1 cm³/mol. The van der Waals surface area contributed by atoms with Crippen molar-refractivity contribution in [3.05, 3.63) is 40.9 Å². The largest absolute Gasteiger partial charge is 0.0888 e. The first-order valence-corrected chi connectivity index (χ1v) is 4.50. The molecule has 0 amide bonds. The molecule has 0 heterocycles. The van der Waals surface area contributed by atoms with Gasteiger partial charge in [-0.2, -0.15) is 0 Å². The Bertz CT molecular complexity index is 260. The van der Waals surface area contributed by atoms with Gasteiger partial charge in [0.1, 0.15) is 0 Å². The Morgan fingerprint density at radius 1 is 1.25 bits per heavy atom. The van der Waals surface area contributed by atoms with Crippen LogP contribution < -0.4 is 0 Å². The van der Waals surface area contributed by atoms with Crippen molar-refractivity contribution >= 4 is 17.7 Å². The van der Waals surface area contributed by atoms with Crippen molar-refractivity contribution < 1.29 is 0 Å². The highest BCUT2D eigenvalue weighted by Gasteiger charge is 1.97. The van der Waals surface area contributed by atoms with E-state index in [0.29, 0.717) is 5.92 Å². The summed E-state index contributed by atoms with van der Waals surface area (Å²) in [6.45, 7) is 4.17. The highest BCUT2D eigenvalue weighted by atomic mass is 35.5. The lowest BCUT2D eigenvalue weighted by molar-refractivity contribution is 0.818. The molecule has 0 spiro atoms. The molecule has 0 saturated carbocycles. The van der Waals surface area contributed by atoms with Crippen molar-refractivity contribution in [1.29, 1.82) is 0 Å². The molecule has 1 heteroatoms. The summed E-state index contributed by atoms with van der Waals surface area (Å²) in [5, 5.41) is 0.904. The van der Waals surface area contributed by atoms with E-state index in [0.717, 1.165) is 10.6 Å². The molecule has 64 valence electrons. The highest BCUT2D eigenvalue weighted by Crippen LogP contribution is 2.17. The molecule has 0 nitrogen and oxygen atoms in total. The molecule has 1 rings (SSSR count). The second kappa shape index (κ2) is 4.32. The fourth-order valence-electron chi connectivity index (χ4n) is 0.875. The smallest absolute Gasteiger partial charge is 0.0212 e. The fourth-order valence-corrected chi connectivity index (χ4v) is 1.00. The lowest BCUT2D eigenvalue weighted by Gasteiger charge is -2.01. The Morgan fingerprint density at radius 3 is 2.33 bits per heavy atom. The average Bonchev–Trinajstić information content (AvgIpc) is 2.06. The first-order chi connectivity index (χ1) is 5.70. The number of halogens is 1. The SMILES string of the molecule is CC(C)/C(Cl)=C/c1ccccc1. The molecule has 1 aromatic carbocycles. The van der Waals surface area contributed by atoms with Crippen molar-refractivity contribution in [3.63, 3.8) is 0 Å². The van der Waals surface area contributed by atoms with Gasteiger partial charge in [0.05, 0.1) is 0 Å². The summed E-state index contributed by atoms with van der Waals surface area (Å²) in [7, 11) is 0. The molecular weight excluding hydrogens is 168 g/mol. The van der Waals surface area contributed by atoms with E-state index in [1.54, 1.807) is 0 Å². The van der Waals surface area contributed by atoms with Crippen LogP contribution in [0.25, 0.3) is 6.08 Å². The molecule has 0 aliphatic rings. The minimum Gasteiger partial charge on any atom is -0.0888 e. The van der Waals surface area contributed by atoms with E-state index in [4.69, 9.17) is 11.6 Å². The zero-order valence-corrected chi connectivity index (χ0v) is 8.18. The number of rotatable bonds is 2. The Morgan fingerprint density at radius 2 is 1.83 bits per heavy atom. The van der Waals surface area contributed by atoms with E-state index < -0.39 is 0 Å². The van der Waals surface area contributed by atoms with Crippen LogP contribution in [-0.2, 0) is 0 Å². The molecule has 0 aliphatic heterocycles. The summed E-state index contributed by atoms with van der Waals surface area (Å²) in [6, 6.07) is 10.1. The first-order valence-electron chi connectivity index (χ1n) is 4.12. The summed E-state index contributed by atoms with van der Waals surface area (Å²) >= 11 is 6.01. The third-order valence-electron chi connectivity index (χ3n) is 1.66. The van der Waals surface area contributed by atoms with E-state index in [1.807, 2.05) is 36.4 Å². The van der Waals surface area contributed by atoms with Crippen LogP contribution in [0, 0.1) is 5.92 Å². The van der Waals surface area contributed by atoms with Crippen LogP contribution in [0.4, 0.5) is 0 Å².